The van der Waals surface area contributed by atoms with Gasteiger partial charge in [0.2, 0.25) is 9.84 Å². The Morgan fingerprint density at radius 3 is 2.21 bits per heavy atom. The van der Waals surface area contributed by atoms with Crippen LogP contribution in [0.25, 0.3) is 33.2 Å². The average Bonchev–Trinajstić information content (AvgIpc) is 3.15. The van der Waals surface area contributed by atoms with Crippen molar-refractivity contribution in [1.82, 2.24) is 4.98 Å². The van der Waals surface area contributed by atoms with Gasteiger partial charge in [-0.15, -0.1) is 10.2 Å². The van der Waals surface area contributed by atoms with Gasteiger partial charge in [-0.2, -0.15) is 8.42 Å². The second-order valence-electron chi connectivity index (χ2n) is 8.61. The van der Waals surface area contributed by atoms with E-state index in [0.717, 1.165) is 6.07 Å². The van der Waals surface area contributed by atoms with Gasteiger partial charge in [-0.25, -0.2) is 8.42 Å². The van der Waals surface area contributed by atoms with Gasteiger partial charge >= 0.3 is 0 Å². The molecule has 0 fully saturated rings. The van der Waals surface area contributed by atoms with Gasteiger partial charge in [0.05, 0.1) is 27.4 Å². The zero-order valence-electron chi connectivity index (χ0n) is 19.5. The molecule has 38 heavy (non-hydrogen) atoms. The number of sulfone groups is 1. The predicted molar refractivity (Wildman–Crippen MR) is 143 cm³/mol. The standard InChI is InChI=1S/C27H18N4O5S2/c28-26-19-8-2-1-6-17(19)25(38(34,35)36)14-23(26)31-30-16-12-13-22(29-15-16)21-10-5-9-20-18-7-3-4-11-24(18)37(32,33)27(20)21/h1-15H,28H2,(H,34,35,36). The van der Waals surface area contributed by atoms with Crippen molar-refractivity contribution in [3.8, 4) is 22.4 Å². The van der Waals surface area contributed by atoms with Crippen LogP contribution in [0.1, 0.15) is 0 Å². The van der Waals surface area contributed by atoms with Crippen molar-refractivity contribution in [3.05, 3.63) is 91.1 Å². The number of azo groups is 1. The van der Waals surface area contributed by atoms with Crippen molar-refractivity contribution < 1.29 is 21.4 Å². The third-order valence-corrected chi connectivity index (χ3v) is 9.16. The fraction of sp³-hybridized carbons (Fsp3) is 0. The van der Waals surface area contributed by atoms with E-state index < -0.39 is 20.0 Å². The molecule has 6 rings (SSSR count). The predicted octanol–water partition coefficient (Wildman–Crippen LogP) is 5.96. The topological polar surface area (TPSA) is 152 Å². The highest BCUT2D eigenvalue weighted by molar-refractivity contribution is 7.92. The van der Waals surface area contributed by atoms with Crippen LogP contribution in [0.15, 0.2) is 116 Å². The largest absolute Gasteiger partial charge is 0.396 e. The maximum absolute atomic E-state index is 13.3. The summed E-state index contributed by atoms with van der Waals surface area (Å²) in [6.07, 6.45) is 1.42. The summed E-state index contributed by atoms with van der Waals surface area (Å²) < 4.78 is 60.2. The van der Waals surface area contributed by atoms with Crippen molar-refractivity contribution in [3.63, 3.8) is 0 Å². The van der Waals surface area contributed by atoms with Crippen LogP contribution in [0.4, 0.5) is 17.1 Å². The molecule has 11 heteroatoms. The highest BCUT2D eigenvalue weighted by atomic mass is 32.2. The molecule has 0 unspecified atom stereocenters. The first-order valence-electron chi connectivity index (χ1n) is 11.3. The molecule has 1 aromatic heterocycles. The fourth-order valence-electron chi connectivity index (χ4n) is 4.64. The molecular formula is C27H18N4O5S2. The molecule has 0 bridgehead atoms. The maximum atomic E-state index is 13.3. The number of nitrogens with two attached hydrogens (primary N) is 1. The lowest BCUT2D eigenvalue weighted by Gasteiger charge is -2.09. The molecule has 1 aliphatic rings. The molecule has 0 radical (unpaired) electrons. The Morgan fingerprint density at radius 2 is 1.47 bits per heavy atom. The van der Waals surface area contributed by atoms with Crippen LogP contribution >= 0.6 is 0 Å². The number of hydrogen-bond donors (Lipinski definition) is 2. The van der Waals surface area contributed by atoms with Crippen LogP contribution in [0, 0.1) is 0 Å². The number of hydrogen-bond acceptors (Lipinski definition) is 8. The smallest absolute Gasteiger partial charge is 0.295 e. The summed E-state index contributed by atoms with van der Waals surface area (Å²) in [5.74, 6) is 0. The van der Waals surface area contributed by atoms with Crippen molar-refractivity contribution in [2.45, 2.75) is 14.7 Å². The monoisotopic (exact) mass is 542 g/mol. The summed E-state index contributed by atoms with van der Waals surface area (Å²) in [4.78, 5) is 4.56. The van der Waals surface area contributed by atoms with E-state index in [0.29, 0.717) is 33.5 Å². The summed E-state index contributed by atoms with van der Waals surface area (Å²) in [6.45, 7) is 0. The molecule has 0 amide bonds. The van der Waals surface area contributed by atoms with Crippen molar-refractivity contribution >= 4 is 47.8 Å². The van der Waals surface area contributed by atoms with Crippen molar-refractivity contribution in [1.29, 1.82) is 0 Å². The Labute approximate surface area is 218 Å². The number of rotatable bonds is 4. The van der Waals surface area contributed by atoms with Gasteiger partial charge in [-0.3, -0.25) is 9.54 Å². The van der Waals surface area contributed by atoms with Crippen LogP contribution < -0.4 is 5.73 Å². The lowest BCUT2D eigenvalue weighted by Crippen LogP contribution is -2.01. The summed E-state index contributed by atoms with van der Waals surface area (Å²) >= 11 is 0. The average molecular weight is 543 g/mol. The molecule has 5 aromatic rings. The lowest BCUT2D eigenvalue weighted by molar-refractivity contribution is 0.484. The van der Waals surface area contributed by atoms with E-state index in [1.54, 1.807) is 72.8 Å². The number of benzene rings is 4. The van der Waals surface area contributed by atoms with E-state index >= 15 is 0 Å². The summed E-state index contributed by atoms with van der Waals surface area (Å²) in [6, 6.07) is 23.0. The first kappa shape index (κ1) is 23.9. The molecule has 2 heterocycles. The highest BCUT2D eigenvalue weighted by Crippen LogP contribution is 2.47. The van der Waals surface area contributed by atoms with E-state index in [-0.39, 0.29) is 31.4 Å². The quantitative estimate of drug-likeness (QED) is 0.158. The van der Waals surface area contributed by atoms with Gasteiger partial charge in [0.1, 0.15) is 16.3 Å². The summed E-state index contributed by atoms with van der Waals surface area (Å²) in [7, 11) is -8.25. The Bertz CT molecular complexity index is 2020. The first-order valence-corrected chi connectivity index (χ1v) is 14.2. The minimum Gasteiger partial charge on any atom is -0.396 e. The fourth-order valence-corrected chi connectivity index (χ4v) is 7.23. The highest BCUT2D eigenvalue weighted by Gasteiger charge is 2.35. The lowest BCUT2D eigenvalue weighted by atomic mass is 10.0. The zero-order chi connectivity index (χ0) is 26.7. The SMILES string of the molecule is Nc1c(N=Nc2ccc(-c3cccc4c3S(=O)(=O)c3ccccc3-4)nc2)cc(S(=O)(=O)O)c2ccccc12. The van der Waals surface area contributed by atoms with Gasteiger partial charge in [-0.1, -0.05) is 60.7 Å². The van der Waals surface area contributed by atoms with Gasteiger partial charge in [-0.05, 0) is 24.3 Å². The summed E-state index contributed by atoms with van der Waals surface area (Å²) in [5.41, 5.74) is 8.99. The van der Waals surface area contributed by atoms with Crippen LogP contribution in [0.2, 0.25) is 0 Å². The Morgan fingerprint density at radius 1 is 0.789 bits per heavy atom. The third-order valence-electron chi connectivity index (χ3n) is 6.35. The molecular weight excluding hydrogens is 524 g/mol. The van der Waals surface area contributed by atoms with E-state index in [1.807, 2.05) is 0 Å². The van der Waals surface area contributed by atoms with E-state index in [4.69, 9.17) is 5.73 Å². The summed E-state index contributed by atoms with van der Waals surface area (Å²) in [5, 5.41) is 8.90. The van der Waals surface area contributed by atoms with Gasteiger partial charge in [0.25, 0.3) is 10.1 Å². The number of anilines is 1. The van der Waals surface area contributed by atoms with E-state index in [2.05, 4.69) is 15.2 Å². The Balaban J connectivity index is 1.38. The minimum atomic E-state index is -4.54. The van der Waals surface area contributed by atoms with E-state index in [9.17, 15) is 21.4 Å². The van der Waals surface area contributed by atoms with Gasteiger partial charge < -0.3 is 5.73 Å². The molecule has 1 aliphatic heterocycles. The van der Waals surface area contributed by atoms with Gasteiger partial charge in [0.15, 0.2) is 0 Å². The van der Waals surface area contributed by atoms with Crippen LogP contribution in [-0.2, 0) is 20.0 Å². The number of pyridine rings is 1. The molecule has 0 saturated heterocycles. The molecule has 3 N–H and O–H groups in total. The van der Waals surface area contributed by atoms with Crippen LogP contribution in [0.3, 0.4) is 0 Å². The normalized spacial score (nSPS) is 14.0. The number of nitrogen functional groups attached to an aromatic ring is 1. The van der Waals surface area contributed by atoms with Crippen LogP contribution in [0.5, 0.6) is 0 Å². The third kappa shape index (κ3) is 3.76. The van der Waals surface area contributed by atoms with Crippen molar-refractivity contribution in [2.75, 3.05) is 5.73 Å². The second-order valence-corrected chi connectivity index (χ2v) is 11.9. The maximum Gasteiger partial charge on any atom is 0.295 e. The molecule has 188 valence electrons. The van der Waals surface area contributed by atoms with Gasteiger partial charge in [0, 0.05) is 27.5 Å². The zero-order valence-corrected chi connectivity index (χ0v) is 21.1. The molecule has 9 nitrogen and oxygen atoms in total. The Kier molecular flexibility index (Phi) is 5.38. The van der Waals surface area contributed by atoms with Crippen LogP contribution in [-0.4, -0.2) is 26.4 Å². The second kappa shape index (κ2) is 8.55. The molecule has 0 atom stereocenters. The Hall–Kier alpha value is -4.45. The number of fused-ring (bicyclic) bond motifs is 4. The van der Waals surface area contributed by atoms with E-state index in [1.165, 1.54) is 12.3 Å². The first-order chi connectivity index (χ1) is 18.2. The number of nitrogens with zero attached hydrogens (tertiary/aromatic N) is 3. The molecule has 4 aromatic carbocycles. The molecule has 0 spiro atoms. The molecule has 0 saturated carbocycles. The minimum absolute atomic E-state index is 0.0603. The molecule has 0 aliphatic carbocycles. The van der Waals surface area contributed by atoms with Crippen molar-refractivity contribution in [2.24, 2.45) is 10.2 Å². The number of aromatic nitrogens is 1.